The lowest BCUT2D eigenvalue weighted by atomic mass is 10.00. The summed E-state index contributed by atoms with van der Waals surface area (Å²) in [6.07, 6.45) is 1.92. The third-order valence-electron chi connectivity index (χ3n) is 4.17. The maximum atomic E-state index is 12.4. The lowest BCUT2D eigenvalue weighted by Crippen LogP contribution is -2.33. The van der Waals surface area contributed by atoms with Gasteiger partial charge in [0.2, 0.25) is 0 Å². The summed E-state index contributed by atoms with van der Waals surface area (Å²) in [6.45, 7) is 8.18. The first-order chi connectivity index (χ1) is 10.5. The molecule has 0 radical (unpaired) electrons. The Hall–Kier alpha value is -2.09. The monoisotopic (exact) mass is 295 g/mol. The Labute approximate surface area is 133 Å². The summed E-state index contributed by atoms with van der Waals surface area (Å²) in [5.41, 5.74) is 5.52. The standard InChI is InChI=1S/C20H25NO/c1-14-12-16(3)19(13-15(14)2)20(22)21-17(4)10-11-18-8-6-5-7-9-18/h5-9,12-13,17H,10-11H2,1-4H3,(H,21,22)/t17-/m0/s1. The zero-order valence-electron chi connectivity index (χ0n) is 13.9. The van der Waals surface area contributed by atoms with Crippen molar-refractivity contribution in [1.82, 2.24) is 5.32 Å². The van der Waals surface area contributed by atoms with Crippen molar-refractivity contribution >= 4 is 5.91 Å². The number of rotatable bonds is 5. The van der Waals surface area contributed by atoms with Crippen LogP contribution in [-0.4, -0.2) is 11.9 Å². The maximum absolute atomic E-state index is 12.4. The number of carbonyl (C=O) groups is 1. The van der Waals surface area contributed by atoms with E-state index in [1.54, 1.807) is 0 Å². The second-order valence-electron chi connectivity index (χ2n) is 6.15. The second kappa shape index (κ2) is 7.26. The van der Waals surface area contributed by atoms with Crippen LogP contribution in [0.15, 0.2) is 42.5 Å². The number of hydrogen-bond acceptors (Lipinski definition) is 1. The summed E-state index contributed by atoms with van der Waals surface area (Å²) in [6, 6.07) is 14.6. The Balaban J connectivity index is 1.95. The SMILES string of the molecule is Cc1cc(C)c(C(=O)N[C@@H](C)CCc2ccccc2)cc1C. The van der Waals surface area contributed by atoms with Gasteiger partial charge in [-0.25, -0.2) is 0 Å². The number of benzene rings is 2. The topological polar surface area (TPSA) is 29.1 Å². The van der Waals surface area contributed by atoms with Gasteiger partial charge in [-0.1, -0.05) is 36.4 Å². The molecule has 0 aliphatic heterocycles. The van der Waals surface area contributed by atoms with Gasteiger partial charge in [0.15, 0.2) is 0 Å². The lowest BCUT2D eigenvalue weighted by molar-refractivity contribution is 0.0937. The van der Waals surface area contributed by atoms with Gasteiger partial charge >= 0.3 is 0 Å². The van der Waals surface area contributed by atoms with Crippen LogP contribution >= 0.6 is 0 Å². The summed E-state index contributed by atoms with van der Waals surface area (Å²) in [4.78, 5) is 12.4. The highest BCUT2D eigenvalue weighted by atomic mass is 16.1. The molecule has 0 saturated carbocycles. The molecule has 2 heteroatoms. The molecule has 0 aliphatic carbocycles. The van der Waals surface area contributed by atoms with Crippen molar-refractivity contribution in [3.05, 3.63) is 70.3 Å². The van der Waals surface area contributed by atoms with Crippen molar-refractivity contribution < 1.29 is 4.79 Å². The summed E-state index contributed by atoms with van der Waals surface area (Å²) in [5.74, 6) is 0.0289. The Morgan fingerprint density at radius 3 is 2.32 bits per heavy atom. The van der Waals surface area contributed by atoms with Crippen molar-refractivity contribution in [3.8, 4) is 0 Å². The molecule has 2 aromatic rings. The molecule has 0 aromatic heterocycles. The number of hydrogen-bond donors (Lipinski definition) is 1. The van der Waals surface area contributed by atoms with E-state index in [1.807, 2.05) is 26.0 Å². The molecule has 0 spiro atoms. The quantitative estimate of drug-likeness (QED) is 0.872. The molecule has 2 aromatic carbocycles. The predicted molar refractivity (Wildman–Crippen MR) is 92.3 cm³/mol. The molecule has 1 amide bonds. The molecule has 0 saturated heterocycles. The van der Waals surface area contributed by atoms with E-state index < -0.39 is 0 Å². The van der Waals surface area contributed by atoms with Gasteiger partial charge in [-0.05, 0) is 68.9 Å². The summed E-state index contributed by atoms with van der Waals surface area (Å²) in [7, 11) is 0. The van der Waals surface area contributed by atoms with Crippen LogP contribution in [0.1, 0.15) is 46.0 Å². The molecule has 0 unspecified atom stereocenters. The highest BCUT2D eigenvalue weighted by Crippen LogP contribution is 2.15. The Morgan fingerprint density at radius 1 is 1.00 bits per heavy atom. The minimum atomic E-state index is 0.0289. The van der Waals surface area contributed by atoms with Crippen LogP contribution < -0.4 is 5.32 Å². The number of aryl methyl sites for hydroxylation is 4. The largest absolute Gasteiger partial charge is 0.350 e. The van der Waals surface area contributed by atoms with Gasteiger partial charge in [0, 0.05) is 11.6 Å². The fourth-order valence-electron chi connectivity index (χ4n) is 2.61. The van der Waals surface area contributed by atoms with Crippen molar-refractivity contribution in [1.29, 1.82) is 0 Å². The van der Waals surface area contributed by atoms with E-state index in [1.165, 1.54) is 11.1 Å². The Kier molecular flexibility index (Phi) is 5.37. The first-order valence-electron chi connectivity index (χ1n) is 7.90. The van der Waals surface area contributed by atoms with Crippen LogP contribution in [-0.2, 0) is 6.42 Å². The van der Waals surface area contributed by atoms with E-state index in [-0.39, 0.29) is 11.9 Å². The zero-order chi connectivity index (χ0) is 16.1. The molecule has 2 rings (SSSR count). The molecule has 0 heterocycles. The van der Waals surface area contributed by atoms with Gasteiger partial charge in [0.25, 0.3) is 5.91 Å². The van der Waals surface area contributed by atoms with E-state index in [0.29, 0.717) is 0 Å². The van der Waals surface area contributed by atoms with E-state index in [2.05, 4.69) is 49.5 Å². The van der Waals surface area contributed by atoms with Crippen LogP contribution in [0.5, 0.6) is 0 Å². The van der Waals surface area contributed by atoms with E-state index in [4.69, 9.17) is 0 Å². The highest BCUT2D eigenvalue weighted by molar-refractivity contribution is 5.96. The number of carbonyl (C=O) groups excluding carboxylic acids is 1. The summed E-state index contributed by atoms with van der Waals surface area (Å²) >= 11 is 0. The first-order valence-corrected chi connectivity index (χ1v) is 7.90. The van der Waals surface area contributed by atoms with Crippen LogP contribution in [0.25, 0.3) is 0 Å². The highest BCUT2D eigenvalue weighted by Gasteiger charge is 2.13. The van der Waals surface area contributed by atoms with E-state index in [9.17, 15) is 4.79 Å². The molecule has 0 bridgehead atoms. The van der Waals surface area contributed by atoms with Crippen molar-refractivity contribution in [2.24, 2.45) is 0 Å². The molecule has 22 heavy (non-hydrogen) atoms. The first kappa shape index (κ1) is 16.3. The minimum absolute atomic E-state index is 0.0289. The molecular formula is C20H25NO. The zero-order valence-corrected chi connectivity index (χ0v) is 13.9. The Bertz CT molecular complexity index is 646. The molecular weight excluding hydrogens is 270 g/mol. The molecule has 0 aliphatic rings. The molecule has 1 atom stereocenters. The van der Waals surface area contributed by atoms with Crippen molar-refractivity contribution in [2.45, 2.75) is 46.6 Å². The third-order valence-corrected chi connectivity index (χ3v) is 4.17. The molecule has 0 fully saturated rings. The van der Waals surface area contributed by atoms with E-state index >= 15 is 0 Å². The summed E-state index contributed by atoms with van der Waals surface area (Å²) in [5, 5.41) is 3.11. The van der Waals surface area contributed by atoms with Gasteiger partial charge in [0.05, 0.1) is 0 Å². The van der Waals surface area contributed by atoms with Crippen molar-refractivity contribution in [2.75, 3.05) is 0 Å². The van der Waals surface area contributed by atoms with Gasteiger partial charge in [-0.15, -0.1) is 0 Å². The third kappa shape index (κ3) is 4.20. The average Bonchev–Trinajstić information content (AvgIpc) is 2.50. The predicted octanol–water partition coefficient (Wildman–Crippen LogP) is 4.36. The van der Waals surface area contributed by atoms with Crippen LogP contribution in [0.2, 0.25) is 0 Å². The molecule has 116 valence electrons. The maximum Gasteiger partial charge on any atom is 0.251 e. The van der Waals surface area contributed by atoms with E-state index in [0.717, 1.165) is 29.5 Å². The summed E-state index contributed by atoms with van der Waals surface area (Å²) < 4.78 is 0. The number of amides is 1. The van der Waals surface area contributed by atoms with Gasteiger partial charge < -0.3 is 5.32 Å². The normalized spacial score (nSPS) is 12.0. The van der Waals surface area contributed by atoms with Gasteiger partial charge in [-0.3, -0.25) is 4.79 Å². The molecule has 2 nitrogen and oxygen atoms in total. The van der Waals surface area contributed by atoms with Gasteiger partial charge in [0.1, 0.15) is 0 Å². The molecule has 1 N–H and O–H groups in total. The average molecular weight is 295 g/mol. The van der Waals surface area contributed by atoms with Gasteiger partial charge in [-0.2, -0.15) is 0 Å². The second-order valence-corrected chi connectivity index (χ2v) is 6.15. The Morgan fingerprint density at radius 2 is 1.64 bits per heavy atom. The smallest absolute Gasteiger partial charge is 0.251 e. The minimum Gasteiger partial charge on any atom is -0.350 e. The van der Waals surface area contributed by atoms with Crippen LogP contribution in [0, 0.1) is 20.8 Å². The fraction of sp³-hybridized carbons (Fsp3) is 0.350. The van der Waals surface area contributed by atoms with Crippen molar-refractivity contribution in [3.63, 3.8) is 0 Å². The number of nitrogens with one attached hydrogen (secondary N) is 1. The van der Waals surface area contributed by atoms with Crippen LogP contribution in [0.3, 0.4) is 0 Å². The van der Waals surface area contributed by atoms with Crippen LogP contribution in [0.4, 0.5) is 0 Å². The lowest BCUT2D eigenvalue weighted by Gasteiger charge is -2.16. The fourth-order valence-corrected chi connectivity index (χ4v) is 2.61.